The van der Waals surface area contributed by atoms with Crippen molar-refractivity contribution in [1.29, 1.82) is 0 Å². The summed E-state index contributed by atoms with van der Waals surface area (Å²) in [6.07, 6.45) is -0.192. The van der Waals surface area contributed by atoms with Crippen LogP contribution in [0, 0.1) is 0 Å². The Hall–Kier alpha value is -2.40. The minimum Gasteiger partial charge on any atom is -0.509 e. The normalized spacial score (nSPS) is 18.1. The molecule has 1 aromatic carbocycles. The molecular weight excluding hydrogens is 246 g/mol. The number of fused-ring (bicyclic) bond motifs is 2. The molecule has 1 atom stereocenters. The van der Waals surface area contributed by atoms with Gasteiger partial charge in [-0.1, -0.05) is 0 Å². The van der Waals surface area contributed by atoms with E-state index in [4.69, 9.17) is 4.74 Å². The maximum absolute atomic E-state index is 11.9. The van der Waals surface area contributed by atoms with Crippen LogP contribution >= 0.6 is 0 Å². The molecule has 5 heteroatoms. The molecule has 0 saturated heterocycles. The number of aromatic nitrogens is 1. The molecule has 2 aromatic rings. The molecule has 0 aliphatic heterocycles. The van der Waals surface area contributed by atoms with E-state index in [-0.39, 0.29) is 5.76 Å². The number of hydrogen-bond donors (Lipinski definition) is 2. The third-order valence-corrected chi connectivity index (χ3v) is 3.13. The van der Waals surface area contributed by atoms with Crippen LogP contribution in [-0.2, 0) is 0 Å². The lowest BCUT2D eigenvalue weighted by Gasteiger charge is -2.17. The Morgan fingerprint density at radius 2 is 2.11 bits per heavy atom. The van der Waals surface area contributed by atoms with Gasteiger partial charge in [0.1, 0.15) is 11.5 Å². The Labute approximate surface area is 108 Å². The molecule has 0 saturated carbocycles. The fourth-order valence-electron chi connectivity index (χ4n) is 2.10. The SMILES string of the molecule is COc1ccc2nc3c(cc2c1)C(=O)C(O)C(O)=C3. The number of Topliss-reactive ketones (excluding diaryl/α,β-unsaturated/α-hetero) is 1. The van der Waals surface area contributed by atoms with Crippen molar-refractivity contribution in [3.05, 3.63) is 41.3 Å². The third-order valence-electron chi connectivity index (χ3n) is 3.13. The smallest absolute Gasteiger partial charge is 0.201 e. The summed E-state index contributed by atoms with van der Waals surface area (Å²) in [6.45, 7) is 0. The van der Waals surface area contributed by atoms with E-state index in [0.717, 1.165) is 5.39 Å². The van der Waals surface area contributed by atoms with Crippen LogP contribution in [-0.4, -0.2) is 34.2 Å². The average molecular weight is 257 g/mol. The van der Waals surface area contributed by atoms with Crippen LogP contribution in [0.2, 0.25) is 0 Å². The Morgan fingerprint density at radius 1 is 1.32 bits per heavy atom. The largest absolute Gasteiger partial charge is 0.509 e. The highest BCUT2D eigenvalue weighted by atomic mass is 16.5. The molecule has 1 unspecified atom stereocenters. The quantitative estimate of drug-likeness (QED) is 0.812. The number of benzene rings is 1. The van der Waals surface area contributed by atoms with Gasteiger partial charge in [-0.3, -0.25) is 4.79 Å². The van der Waals surface area contributed by atoms with Gasteiger partial charge < -0.3 is 14.9 Å². The van der Waals surface area contributed by atoms with E-state index in [9.17, 15) is 15.0 Å². The standard InChI is InChI=1S/C14H11NO4/c1-19-8-2-3-10-7(4-8)5-9-11(15-10)6-12(16)14(18)13(9)17/h2-6,14,16,18H,1H3. The molecule has 1 aliphatic carbocycles. The molecule has 19 heavy (non-hydrogen) atoms. The van der Waals surface area contributed by atoms with Crippen molar-refractivity contribution >= 4 is 22.8 Å². The number of ketones is 1. The summed E-state index contributed by atoms with van der Waals surface area (Å²) in [4.78, 5) is 16.2. The maximum Gasteiger partial charge on any atom is 0.201 e. The number of hydrogen-bond acceptors (Lipinski definition) is 5. The lowest BCUT2D eigenvalue weighted by Crippen LogP contribution is -2.27. The number of carbonyl (C=O) groups is 1. The van der Waals surface area contributed by atoms with Crippen molar-refractivity contribution in [2.24, 2.45) is 0 Å². The van der Waals surface area contributed by atoms with E-state index in [0.29, 0.717) is 22.5 Å². The van der Waals surface area contributed by atoms with Crippen molar-refractivity contribution in [2.45, 2.75) is 6.10 Å². The van der Waals surface area contributed by atoms with Gasteiger partial charge >= 0.3 is 0 Å². The number of aliphatic hydroxyl groups excluding tert-OH is 2. The van der Waals surface area contributed by atoms with Crippen LogP contribution < -0.4 is 4.74 Å². The second kappa shape index (κ2) is 4.07. The van der Waals surface area contributed by atoms with Crippen LogP contribution in [0.3, 0.4) is 0 Å². The highest BCUT2D eigenvalue weighted by Crippen LogP contribution is 2.27. The van der Waals surface area contributed by atoms with Gasteiger partial charge in [0.25, 0.3) is 0 Å². The first kappa shape index (κ1) is 11.7. The van der Waals surface area contributed by atoms with E-state index in [1.165, 1.54) is 6.08 Å². The molecule has 1 aliphatic rings. The lowest BCUT2D eigenvalue weighted by atomic mass is 9.95. The van der Waals surface area contributed by atoms with Gasteiger partial charge in [-0.25, -0.2) is 4.98 Å². The van der Waals surface area contributed by atoms with Crippen LogP contribution in [0.1, 0.15) is 16.1 Å². The lowest BCUT2D eigenvalue weighted by molar-refractivity contribution is 0.0730. The van der Waals surface area contributed by atoms with Gasteiger partial charge in [-0.15, -0.1) is 0 Å². The number of carbonyl (C=O) groups excluding carboxylic acids is 1. The van der Waals surface area contributed by atoms with Crippen LogP contribution in [0.25, 0.3) is 17.0 Å². The second-order valence-electron chi connectivity index (χ2n) is 4.32. The fourth-order valence-corrected chi connectivity index (χ4v) is 2.10. The molecular formula is C14H11NO4. The van der Waals surface area contributed by atoms with E-state index in [1.807, 2.05) is 0 Å². The number of ether oxygens (including phenoxy) is 1. The summed E-state index contributed by atoms with van der Waals surface area (Å²) in [5, 5.41) is 19.8. The predicted molar refractivity (Wildman–Crippen MR) is 69.2 cm³/mol. The summed E-state index contributed by atoms with van der Waals surface area (Å²) in [6, 6.07) is 6.95. The molecule has 1 aromatic heterocycles. The zero-order valence-electron chi connectivity index (χ0n) is 10.1. The Balaban J connectivity index is 2.27. The van der Waals surface area contributed by atoms with Gasteiger partial charge in [-0.05, 0) is 24.3 Å². The Bertz CT molecular complexity index is 721. The summed E-state index contributed by atoms with van der Waals surface area (Å²) >= 11 is 0. The third kappa shape index (κ3) is 1.75. The highest BCUT2D eigenvalue weighted by molar-refractivity contribution is 6.08. The first-order chi connectivity index (χ1) is 9.10. The topological polar surface area (TPSA) is 79.7 Å². The van der Waals surface area contributed by atoms with Crippen LogP contribution in [0.5, 0.6) is 5.75 Å². The zero-order chi connectivity index (χ0) is 13.6. The number of aliphatic hydroxyl groups is 2. The summed E-state index contributed by atoms with van der Waals surface area (Å²) in [5.74, 6) is -0.262. The van der Waals surface area contributed by atoms with Crippen molar-refractivity contribution in [3.63, 3.8) is 0 Å². The molecule has 96 valence electrons. The monoisotopic (exact) mass is 257 g/mol. The zero-order valence-corrected chi connectivity index (χ0v) is 10.1. The van der Waals surface area contributed by atoms with Crippen molar-refractivity contribution < 1.29 is 19.7 Å². The second-order valence-corrected chi connectivity index (χ2v) is 4.32. The number of nitrogens with zero attached hydrogens (tertiary/aromatic N) is 1. The molecule has 5 nitrogen and oxygen atoms in total. The first-order valence-corrected chi connectivity index (χ1v) is 5.72. The van der Waals surface area contributed by atoms with Crippen molar-refractivity contribution in [1.82, 2.24) is 4.98 Å². The average Bonchev–Trinajstić information content (AvgIpc) is 2.43. The molecule has 0 spiro atoms. The van der Waals surface area contributed by atoms with Crippen LogP contribution in [0.15, 0.2) is 30.0 Å². The molecule has 0 amide bonds. The van der Waals surface area contributed by atoms with E-state index >= 15 is 0 Å². The molecule has 3 rings (SSSR count). The van der Waals surface area contributed by atoms with Gasteiger partial charge in [0, 0.05) is 17.0 Å². The minimum absolute atomic E-state index is 0.297. The Kier molecular flexibility index (Phi) is 2.50. The van der Waals surface area contributed by atoms with Crippen molar-refractivity contribution in [3.8, 4) is 5.75 Å². The van der Waals surface area contributed by atoms with E-state index in [1.54, 1.807) is 31.4 Å². The number of pyridine rings is 1. The van der Waals surface area contributed by atoms with Gasteiger partial charge in [-0.2, -0.15) is 0 Å². The maximum atomic E-state index is 11.9. The fraction of sp³-hybridized carbons (Fsp3) is 0.143. The summed E-state index contributed by atoms with van der Waals surface area (Å²) in [7, 11) is 1.56. The molecule has 1 heterocycles. The van der Waals surface area contributed by atoms with Gasteiger partial charge in [0.15, 0.2) is 6.10 Å². The summed E-state index contributed by atoms with van der Waals surface area (Å²) in [5.41, 5.74) is 1.35. The van der Waals surface area contributed by atoms with Gasteiger partial charge in [0.2, 0.25) is 5.78 Å². The Morgan fingerprint density at radius 3 is 2.84 bits per heavy atom. The van der Waals surface area contributed by atoms with Gasteiger partial charge in [0.05, 0.1) is 18.3 Å². The molecule has 2 N–H and O–H groups in total. The van der Waals surface area contributed by atoms with Crippen molar-refractivity contribution in [2.75, 3.05) is 7.11 Å². The summed E-state index contributed by atoms with van der Waals surface area (Å²) < 4.78 is 5.12. The molecule has 0 radical (unpaired) electrons. The minimum atomic E-state index is -1.50. The van der Waals surface area contributed by atoms with E-state index in [2.05, 4.69) is 4.98 Å². The first-order valence-electron chi connectivity index (χ1n) is 5.72. The predicted octanol–water partition coefficient (Wildman–Crippen LogP) is 1.70. The molecule has 0 fully saturated rings. The van der Waals surface area contributed by atoms with E-state index < -0.39 is 11.9 Å². The number of methoxy groups -OCH3 is 1. The molecule has 0 bridgehead atoms. The number of rotatable bonds is 1. The van der Waals surface area contributed by atoms with Crippen LogP contribution in [0.4, 0.5) is 0 Å². The highest BCUT2D eigenvalue weighted by Gasteiger charge is 2.29.